The summed E-state index contributed by atoms with van der Waals surface area (Å²) >= 11 is 0. The highest BCUT2D eigenvalue weighted by atomic mass is 16.6. The van der Waals surface area contributed by atoms with Crippen molar-refractivity contribution < 1.29 is 9.53 Å². The van der Waals surface area contributed by atoms with E-state index in [1.807, 2.05) is 36.4 Å². The number of carbonyl (C=O) groups is 1. The van der Waals surface area contributed by atoms with Gasteiger partial charge in [-0.1, -0.05) is 123 Å². The average Bonchev–Trinajstić information content (AvgIpc) is 3.90. The summed E-state index contributed by atoms with van der Waals surface area (Å²) in [6, 6.07) is 23.9. The molecule has 0 bridgehead atoms. The maximum atomic E-state index is 12.8. The van der Waals surface area contributed by atoms with Gasteiger partial charge in [0.05, 0.1) is 18.2 Å². The molecular weight excluding hydrogens is 725 g/mol. The number of likely N-dealkylation sites (tertiary alicyclic amines) is 1. The van der Waals surface area contributed by atoms with Gasteiger partial charge in [0.15, 0.2) is 0 Å². The molecule has 2 saturated heterocycles. The predicted molar refractivity (Wildman–Crippen MR) is 245 cm³/mol. The van der Waals surface area contributed by atoms with Gasteiger partial charge < -0.3 is 25.6 Å². The van der Waals surface area contributed by atoms with E-state index in [-0.39, 0.29) is 16.7 Å². The van der Waals surface area contributed by atoms with Gasteiger partial charge in [-0.05, 0) is 113 Å². The summed E-state index contributed by atoms with van der Waals surface area (Å²) in [4.78, 5) is 18.0. The molecule has 0 spiro atoms. The van der Waals surface area contributed by atoms with E-state index in [4.69, 9.17) is 10.5 Å². The molecule has 0 saturated carbocycles. The van der Waals surface area contributed by atoms with Crippen LogP contribution in [0.15, 0.2) is 127 Å². The largest absolute Gasteiger partial charge is 0.370 e. The Kier molecular flexibility index (Phi) is 13.2. The van der Waals surface area contributed by atoms with Crippen molar-refractivity contribution in [1.82, 2.24) is 10.2 Å². The number of nitrogens with zero attached hydrogens (tertiary/aromatic N) is 2. The normalized spacial score (nSPS) is 26.2. The summed E-state index contributed by atoms with van der Waals surface area (Å²) in [5.41, 5.74) is 17.0. The van der Waals surface area contributed by atoms with Gasteiger partial charge in [-0.3, -0.25) is 4.79 Å². The molecule has 7 rings (SSSR count). The monoisotopic (exact) mass is 793 g/mol. The number of aryl methyl sites for hydroxylation is 2. The van der Waals surface area contributed by atoms with Crippen LogP contribution in [0.3, 0.4) is 0 Å². The van der Waals surface area contributed by atoms with Crippen LogP contribution in [-0.4, -0.2) is 48.2 Å². The molecule has 6 heteroatoms. The third-order valence-corrected chi connectivity index (χ3v) is 13.9. The first-order valence-corrected chi connectivity index (χ1v) is 22.3. The molecule has 4 aliphatic rings. The molecule has 3 aromatic rings. The van der Waals surface area contributed by atoms with E-state index in [0.717, 1.165) is 62.7 Å². The number of amides is 1. The number of epoxide rings is 1. The third kappa shape index (κ3) is 9.25. The molecule has 6 atom stereocenters. The maximum Gasteiger partial charge on any atom is 0.251 e. The minimum Gasteiger partial charge on any atom is -0.370 e. The second kappa shape index (κ2) is 18.3. The van der Waals surface area contributed by atoms with Crippen LogP contribution in [0.25, 0.3) is 0 Å². The van der Waals surface area contributed by atoms with Crippen LogP contribution in [0.4, 0.5) is 5.69 Å². The van der Waals surface area contributed by atoms with E-state index in [2.05, 4.69) is 143 Å². The minimum absolute atomic E-state index is 0.0493. The van der Waals surface area contributed by atoms with Crippen LogP contribution in [0, 0.1) is 18.3 Å². The topological polar surface area (TPSA) is 74.1 Å². The van der Waals surface area contributed by atoms with Gasteiger partial charge in [-0.15, -0.1) is 0 Å². The molecule has 59 heavy (non-hydrogen) atoms. The first-order chi connectivity index (χ1) is 28.5. The van der Waals surface area contributed by atoms with Crippen molar-refractivity contribution in [1.29, 1.82) is 0 Å². The molecule has 312 valence electrons. The lowest BCUT2D eigenvalue weighted by Crippen LogP contribution is -2.41. The zero-order valence-corrected chi connectivity index (χ0v) is 36.7. The number of hydrogen-bond acceptors (Lipinski definition) is 5. The fourth-order valence-corrected chi connectivity index (χ4v) is 10.3. The number of fused-ring (bicyclic) bond motifs is 2. The standard InChI is InChI=1S/C53H68N4O2/c1-8-56-45-29-18-37(3)33-43(45)52(5,6)49(56)16-12-10-11-13-17-50-53(7,44-34-38(4)19-30-46(44)57(50)9-2)32-14-15-47-48(59-47)31-26-39-24-27-42(28-25-39)51(58)55-36-41-22-20-40(35-54)21-23-41/h10-13,17-25,27-30,33-34,44,46-49H,8-9,14-16,26,31-32,35-36,54H2,1-7H3,(H,55,58). The quantitative estimate of drug-likeness (QED) is 0.105. The Balaban J connectivity index is 0.914. The lowest BCUT2D eigenvalue weighted by atomic mass is 9.70. The van der Waals surface area contributed by atoms with E-state index in [1.165, 1.54) is 33.6 Å². The highest BCUT2D eigenvalue weighted by molar-refractivity contribution is 5.94. The van der Waals surface area contributed by atoms with Crippen molar-refractivity contribution >= 4 is 11.6 Å². The number of allylic oxidation sites excluding steroid dienone is 7. The lowest BCUT2D eigenvalue weighted by molar-refractivity contribution is 0.0951. The molecule has 1 aliphatic carbocycles. The number of benzene rings is 3. The maximum absolute atomic E-state index is 12.8. The van der Waals surface area contributed by atoms with Crippen molar-refractivity contribution in [2.75, 3.05) is 18.0 Å². The van der Waals surface area contributed by atoms with Crippen LogP contribution < -0.4 is 16.0 Å². The number of nitrogens with two attached hydrogens (primary N) is 1. The van der Waals surface area contributed by atoms with Crippen molar-refractivity contribution in [2.45, 2.75) is 130 Å². The number of hydrogen-bond donors (Lipinski definition) is 2. The van der Waals surface area contributed by atoms with E-state index in [1.54, 1.807) is 0 Å². The minimum atomic E-state index is -0.0561. The molecule has 6 unspecified atom stereocenters. The van der Waals surface area contributed by atoms with Gasteiger partial charge in [0, 0.05) is 65.9 Å². The molecule has 2 fully saturated rings. The molecule has 0 aromatic heterocycles. The van der Waals surface area contributed by atoms with Crippen molar-refractivity contribution in [3.05, 3.63) is 160 Å². The van der Waals surface area contributed by atoms with Crippen LogP contribution >= 0.6 is 0 Å². The van der Waals surface area contributed by atoms with Crippen molar-refractivity contribution in [2.24, 2.45) is 17.1 Å². The summed E-state index contributed by atoms with van der Waals surface area (Å²) in [5, 5.41) is 3.03. The Hall–Kier alpha value is -4.65. The molecule has 3 heterocycles. The summed E-state index contributed by atoms with van der Waals surface area (Å²) < 4.78 is 6.23. The van der Waals surface area contributed by atoms with Gasteiger partial charge in [0.25, 0.3) is 5.91 Å². The van der Waals surface area contributed by atoms with Crippen molar-refractivity contribution in [3.8, 4) is 0 Å². The smallest absolute Gasteiger partial charge is 0.251 e. The molecule has 1 amide bonds. The fourth-order valence-electron chi connectivity index (χ4n) is 10.3. The second-order valence-electron chi connectivity index (χ2n) is 18.2. The van der Waals surface area contributed by atoms with E-state index < -0.39 is 0 Å². The Labute approximate surface area is 355 Å². The van der Waals surface area contributed by atoms with Gasteiger partial charge in [0.2, 0.25) is 0 Å². The molecule has 0 radical (unpaired) electrons. The van der Waals surface area contributed by atoms with Crippen LogP contribution in [0.2, 0.25) is 0 Å². The molecule has 3 N–H and O–H groups in total. The summed E-state index contributed by atoms with van der Waals surface area (Å²) in [5.74, 6) is 0.404. The Morgan fingerprint density at radius 2 is 1.58 bits per heavy atom. The van der Waals surface area contributed by atoms with Gasteiger partial charge in [-0.2, -0.15) is 0 Å². The highest BCUT2D eigenvalue weighted by Crippen LogP contribution is 2.54. The third-order valence-electron chi connectivity index (χ3n) is 13.9. The lowest BCUT2D eigenvalue weighted by Gasteiger charge is -2.33. The summed E-state index contributed by atoms with van der Waals surface area (Å²) in [6.07, 6.45) is 25.9. The molecular formula is C53H68N4O2. The van der Waals surface area contributed by atoms with Crippen molar-refractivity contribution in [3.63, 3.8) is 0 Å². The Bertz CT molecular complexity index is 2090. The number of carbonyl (C=O) groups excluding carboxylic acids is 1. The van der Waals surface area contributed by atoms with E-state index in [0.29, 0.717) is 48.9 Å². The number of likely N-dealkylation sites (N-methyl/N-ethyl adjacent to an activating group) is 2. The molecule has 6 nitrogen and oxygen atoms in total. The van der Waals surface area contributed by atoms with E-state index in [9.17, 15) is 4.79 Å². The summed E-state index contributed by atoms with van der Waals surface area (Å²) in [7, 11) is 0. The zero-order chi connectivity index (χ0) is 41.7. The number of anilines is 1. The Morgan fingerprint density at radius 3 is 2.31 bits per heavy atom. The van der Waals surface area contributed by atoms with Crippen LogP contribution in [-0.2, 0) is 29.7 Å². The van der Waals surface area contributed by atoms with E-state index >= 15 is 0 Å². The molecule has 3 aromatic carbocycles. The first kappa shape index (κ1) is 42.5. The van der Waals surface area contributed by atoms with Gasteiger partial charge in [0.1, 0.15) is 0 Å². The van der Waals surface area contributed by atoms with Crippen LogP contribution in [0.1, 0.15) is 112 Å². The first-order valence-electron chi connectivity index (χ1n) is 22.3. The molecule has 3 aliphatic heterocycles. The van der Waals surface area contributed by atoms with Crippen LogP contribution in [0.5, 0.6) is 0 Å². The SMILES string of the molecule is CCN1C(=CC=CC=CCC2N(CC)c3ccc(C)cc3C2(C)C)C(C)(CCCC2OC2CCc2ccc(C(=O)NCc3ccc(CN)cc3)cc2)C2C=C(C)C=CC21. The highest BCUT2D eigenvalue weighted by Gasteiger charge is 2.51. The van der Waals surface area contributed by atoms with Gasteiger partial charge in [-0.25, -0.2) is 0 Å². The second-order valence-corrected chi connectivity index (χ2v) is 18.2. The number of rotatable bonds is 17. The average molecular weight is 793 g/mol. The number of ether oxygens (including phenoxy) is 1. The zero-order valence-electron chi connectivity index (χ0n) is 36.7. The number of nitrogens with one attached hydrogen (secondary N) is 1. The Morgan fingerprint density at radius 1 is 0.864 bits per heavy atom. The predicted octanol–water partition coefficient (Wildman–Crippen LogP) is 10.7. The fraction of sp³-hybridized carbons (Fsp3) is 0.453. The van der Waals surface area contributed by atoms with Gasteiger partial charge >= 0.3 is 0 Å². The summed E-state index contributed by atoms with van der Waals surface area (Å²) in [6.45, 7) is 19.4.